The van der Waals surface area contributed by atoms with Gasteiger partial charge in [-0.25, -0.2) is 35.2 Å². The van der Waals surface area contributed by atoms with Crippen LogP contribution in [-0.4, -0.2) is 84.0 Å². The Morgan fingerprint density at radius 2 is 1.11 bits per heavy atom. The predicted molar refractivity (Wildman–Crippen MR) is 249 cm³/mol. The summed E-state index contributed by atoms with van der Waals surface area (Å²) in [6, 6.07) is 6.25. The highest BCUT2D eigenvalue weighted by Crippen LogP contribution is 2.36. The van der Waals surface area contributed by atoms with E-state index in [9.17, 15) is 44.8 Å². The molecule has 4 rings (SSSR count). The van der Waals surface area contributed by atoms with Crippen molar-refractivity contribution < 1.29 is 63.1 Å². The molecule has 0 spiro atoms. The molecule has 23 heteroatoms. The Morgan fingerprint density at radius 1 is 0.708 bits per heavy atom. The van der Waals surface area contributed by atoms with Crippen LogP contribution in [0.15, 0.2) is 80.3 Å². The van der Waals surface area contributed by atoms with E-state index in [1.165, 1.54) is 53.4 Å². The Kier molecular flexibility index (Phi) is 26.8. The molecule has 0 unspecified atom stereocenters. The SMILES string of the molecule is C=CC(=O)Cl.C=CC(=O)N(c1ccc(F)cc1Cl)S(=O)(=O)c1c(C)oc(C)c1C(=O)OC.CCN(CC)CC.COC(=O)c1c(C)oc(C)c1S(=O)(=O)Cc1ccc(F)cc1Cl.ClCCl. The Labute approximate surface area is 402 Å². The largest absolute Gasteiger partial charge is 0.465 e. The van der Waals surface area contributed by atoms with Crippen LogP contribution in [0.25, 0.3) is 0 Å². The van der Waals surface area contributed by atoms with E-state index in [1.54, 1.807) is 0 Å². The van der Waals surface area contributed by atoms with E-state index < -0.39 is 65.2 Å². The molecule has 2 heterocycles. The first-order valence-electron chi connectivity index (χ1n) is 18.6. The molecule has 0 atom stereocenters. The molecule has 0 radical (unpaired) electrons. The molecule has 0 aliphatic heterocycles. The second-order valence-corrected chi connectivity index (χ2v) is 18.1. The van der Waals surface area contributed by atoms with Gasteiger partial charge in [-0.1, -0.05) is 63.2 Å². The number of methoxy groups -OCH3 is 2. The van der Waals surface area contributed by atoms with Gasteiger partial charge in [0, 0.05) is 5.02 Å². The number of hydrogen-bond acceptors (Lipinski definition) is 13. The lowest BCUT2D eigenvalue weighted by molar-refractivity contribution is -0.113. The summed E-state index contributed by atoms with van der Waals surface area (Å²) in [5.74, 6) is -4.50. The highest BCUT2D eigenvalue weighted by atomic mass is 35.5. The van der Waals surface area contributed by atoms with Gasteiger partial charge in [0.25, 0.3) is 15.9 Å². The number of furan rings is 2. The second kappa shape index (κ2) is 28.7. The zero-order valence-electron chi connectivity index (χ0n) is 36.8. The number of amides is 1. The van der Waals surface area contributed by atoms with E-state index in [-0.39, 0.29) is 65.7 Å². The smallest absolute Gasteiger partial charge is 0.342 e. The normalized spacial score (nSPS) is 10.6. The van der Waals surface area contributed by atoms with Crippen molar-refractivity contribution in [3.8, 4) is 0 Å². The number of anilines is 1. The Balaban J connectivity index is 0.000000967. The van der Waals surface area contributed by atoms with Crippen LogP contribution in [0.3, 0.4) is 0 Å². The second-order valence-electron chi connectivity index (χ2n) is 12.5. The number of nitrogens with zero attached hydrogens (tertiary/aromatic N) is 2. The number of hydrogen-bond donors (Lipinski definition) is 0. The average molecular weight is 1050 g/mol. The van der Waals surface area contributed by atoms with Gasteiger partial charge in [-0.3, -0.25) is 9.59 Å². The summed E-state index contributed by atoms with van der Waals surface area (Å²) in [6.45, 7) is 22.1. The zero-order chi connectivity index (χ0) is 50.6. The van der Waals surface area contributed by atoms with Crippen molar-refractivity contribution in [2.45, 2.75) is 64.0 Å². The van der Waals surface area contributed by atoms with E-state index in [4.69, 9.17) is 66.8 Å². The van der Waals surface area contributed by atoms with Crippen molar-refractivity contribution in [3.63, 3.8) is 0 Å². The van der Waals surface area contributed by atoms with Gasteiger partial charge >= 0.3 is 11.9 Å². The average Bonchev–Trinajstić information content (AvgIpc) is 3.73. The first-order valence-corrected chi connectivity index (χ1v) is 23.9. The topological polar surface area (TPSA) is 188 Å². The molecular formula is C42H49Cl5F2N2O12S2. The maximum atomic E-state index is 13.4. The van der Waals surface area contributed by atoms with Crippen molar-refractivity contribution in [1.82, 2.24) is 4.90 Å². The van der Waals surface area contributed by atoms with E-state index in [2.05, 4.69) is 48.3 Å². The monoisotopic (exact) mass is 1050 g/mol. The van der Waals surface area contributed by atoms with Crippen molar-refractivity contribution in [3.05, 3.63) is 123 Å². The number of allylic oxidation sites excluding steroid dienone is 1. The summed E-state index contributed by atoms with van der Waals surface area (Å²) < 4.78 is 98.5. The maximum Gasteiger partial charge on any atom is 0.342 e. The van der Waals surface area contributed by atoms with E-state index in [0.29, 0.717) is 4.31 Å². The minimum Gasteiger partial charge on any atom is -0.465 e. The lowest BCUT2D eigenvalue weighted by atomic mass is 10.2. The van der Waals surface area contributed by atoms with Crippen LogP contribution < -0.4 is 4.31 Å². The van der Waals surface area contributed by atoms with Crippen LogP contribution in [0.2, 0.25) is 10.0 Å². The van der Waals surface area contributed by atoms with Gasteiger partial charge in [-0.2, -0.15) is 4.31 Å². The van der Waals surface area contributed by atoms with Crippen LogP contribution in [0.4, 0.5) is 14.5 Å². The summed E-state index contributed by atoms with van der Waals surface area (Å²) in [4.78, 5) is 47.4. The first kappa shape index (κ1) is 60.7. The third kappa shape index (κ3) is 17.5. The van der Waals surface area contributed by atoms with Crippen molar-refractivity contribution >= 4 is 107 Å². The van der Waals surface area contributed by atoms with E-state index in [0.717, 1.165) is 56.7 Å². The van der Waals surface area contributed by atoms with Gasteiger partial charge in [0.1, 0.15) is 55.6 Å². The summed E-state index contributed by atoms with van der Waals surface area (Å²) in [7, 11) is -6.41. The number of rotatable bonds is 13. The first-order chi connectivity index (χ1) is 30.3. The van der Waals surface area contributed by atoms with Gasteiger partial charge in [0.15, 0.2) is 9.84 Å². The van der Waals surface area contributed by atoms with Crippen LogP contribution in [0.5, 0.6) is 0 Å². The molecular weight excluding hydrogens is 1000 g/mol. The molecule has 65 heavy (non-hydrogen) atoms. The van der Waals surface area contributed by atoms with Gasteiger partial charge in [-0.15, -0.1) is 23.2 Å². The van der Waals surface area contributed by atoms with Crippen LogP contribution in [-0.2, 0) is 44.7 Å². The fraction of sp³-hybridized carbons (Fsp3) is 0.333. The number of aryl methyl sites for hydroxylation is 4. The van der Waals surface area contributed by atoms with Crippen LogP contribution in [0, 0.1) is 39.3 Å². The predicted octanol–water partition coefficient (Wildman–Crippen LogP) is 10.5. The molecule has 0 saturated heterocycles. The quantitative estimate of drug-likeness (QED) is 0.0533. The molecule has 360 valence electrons. The number of sulfonamides is 1. The summed E-state index contributed by atoms with van der Waals surface area (Å²) in [5, 5.41) is -0.651. The summed E-state index contributed by atoms with van der Waals surface area (Å²) in [6.07, 6.45) is 1.79. The molecule has 0 saturated carbocycles. The standard InChI is InChI=1S/C17H15ClFNO6S.C15H14ClFO5S.C6H15N.C3H3ClO.CH2Cl2/c1-5-14(21)20(13-7-6-11(19)8-12(13)18)27(23,24)16-10(3)26-9(2)15(16)17(22)25-4;1-8-13(15(18)21-3)14(9(2)22-8)23(19,20)7-10-4-5-11(17)6-12(10)16;1-4-7(5-2)6-3;1-2-3(4)5;2-1-3/h5-8H,1H2,2-4H3;4-6H,7H2,1-3H3;4-6H2,1-3H3;2H,1H2;1H2. The Morgan fingerprint density at radius 3 is 1.46 bits per heavy atom. The summed E-state index contributed by atoms with van der Waals surface area (Å²) >= 11 is 26.1. The lowest BCUT2D eigenvalue weighted by Crippen LogP contribution is -2.37. The summed E-state index contributed by atoms with van der Waals surface area (Å²) in [5.41, 5.74) is -0.572. The molecule has 0 N–H and O–H groups in total. The molecule has 0 bridgehead atoms. The highest BCUT2D eigenvalue weighted by molar-refractivity contribution is 7.93. The molecule has 2 aromatic carbocycles. The number of carbonyl (C=O) groups is 4. The van der Waals surface area contributed by atoms with Crippen LogP contribution >= 0.6 is 58.0 Å². The lowest BCUT2D eigenvalue weighted by Gasteiger charge is -2.22. The Hall–Kier alpha value is -4.27. The zero-order valence-corrected chi connectivity index (χ0v) is 42.2. The third-order valence-corrected chi connectivity index (χ3v) is 12.8. The molecule has 4 aromatic rings. The number of carbonyl (C=O) groups excluding carboxylic acids is 4. The molecule has 0 fully saturated rings. The molecule has 1 amide bonds. The minimum absolute atomic E-state index is 0.00544. The molecule has 14 nitrogen and oxygen atoms in total. The highest BCUT2D eigenvalue weighted by Gasteiger charge is 2.39. The van der Waals surface area contributed by atoms with Gasteiger partial charge in [0.2, 0.25) is 5.24 Å². The van der Waals surface area contributed by atoms with Gasteiger partial charge in [-0.05, 0) is 107 Å². The van der Waals surface area contributed by atoms with E-state index >= 15 is 0 Å². The molecule has 2 aromatic heterocycles. The van der Waals surface area contributed by atoms with Gasteiger partial charge < -0.3 is 23.2 Å². The van der Waals surface area contributed by atoms with E-state index in [1.807, 2.05) is 0 Å². The maximum absolute atomic E-state index is 13.4. The van der Waals surface area contributed by atoms with Gasteiger partial charge in [0.05, 0.1) is 36.0 Å². The number of sulfone groups is 1. The number of alkyl halides is 2. The molecule has 0 aliphatic rings. The number of benzene rings is 2. The minimum atomic E-state index is -4.69. The van der Waals surface area contributed by atoms with Crippen molar-refractivity contribution in [2.24, 2.45) is 0 Å². The fourth-order valence-electron chi connectivity index (χ4n) is 5.46. The van der Waals surface area contributed by atoms with Crippen molar-refractivity contribution in [2.75, 3.05) is 43.5 Å². The Bertz CT molecular complexity index is 2520. The fourth-order valence-corrected chi connectivity index (χ4v) is 9.70. The number of halogens is 7. The third-order valence-electron chi connectivity index (χ3n) is 8.36. The molecule has 0 aliphatic carbocycles. The van der Waals surface area contributed by atoms with Crippen LogP contribution in [0.1, 0.15) is 70.1 Å². The number of ether oxygens (including phenoxy) is 2. The van der Waals surface area contributed by atoms with Crippen molar-refractivity contribution in [1.29, 1.82) is 0 Å². The number of esters is 2.